The standard InChI is InChI=1S/C13H12F7NO2/c1-2-23-11(22)9(14)10(21)6-3-7(12(15,16)17)5-8(4-6)13(18,19)20/h3-5,9-10H,2,21H2,1H3/t9?,10-/m1/s1. The van der Waals surface area contributed by atoms with Crippen LogP contribution in [0.3, 0.4) is 0 Å². The Balaban J connectivity index is 3.32. The summed E-state index contributed by atoms with van der Waals surface area (Å²) in [7, 11) is 0. The van der Waals surface area contributed by atoms with Crippen LogP contribution in [0.25, 0.3) is 0 Å². The Labute approximate surface area is 126 Å². The van der Waals surface area contributed by atoms with Gasteiger partial charge in [-0.05, 0) is 30.7 Å². The molecule has 10 heteroatoms. The highest BCUT2D eigenvalue weighted by Crippen LogP contribution is 2.37. The van der Waals surface area contributed by atoms with Gasteiger partial charge in [-0.2, -0.15) is 26.3 Å². The Morgan fingerprint density at radius 1 is 1.09 bits per heavy atom. The third-order valence-corrected chi connectivity index (χ3v) is 2.82. The minimum atomic E-state index is -5.09. The maximum Gasteiger partial charge on any atom is 0.416 e. The number of carbonyl (C=O) groups excluding carboxylic acids is 1. The molecular formula is C13H12F7NO2. The number of rotatable bonds is 4. The van der Waals surface area contributed by atoms with E-state index in [1.165, 1.54) is 6.92 Å². The van der Waals surface area contributed by atoms with Crippen molar-refractivity contribution in [3.8, 4) is 0 Å². The lowest BCUT2D eigenvalue weighted by Crippen LogP contribution is -2.32. The number of hydrogen-bond acceptors (Lipinski definition) is 3. The average Bonchev–Trinajstić information content (AvgIpc) is 2.43. The fourth-order valence-electron chi connectivity index (χ4n) is 1.71. The van der Waals surface area contributed by atoms with Crippen LogP contribution in [-0.4, -0.2) is 18.7 Å². The van der Waals surface area contributed by atoms with Gasteiger partial charge in [0.25, 0.3) is 0 Å². The molecule has 0 saturated carbocycles. The second-order valence-electron chi connectivity index (χ2n) is 4.52. The van der Waals surface area contributed by atoms with E-state index in [9.17, 15) is 35.5 Å². The predicted octanol–water partition coefficient (Wildman–Crippen LogP) is 3.63. The van der Waals surface area contributed by atoms with Crippen LogP contribution in [0.1, 0.15) is 29.7 Å². The highest BCUT2D eigenvalue weighted by Gasteiger charge is 2.38. The number of halogens is 7. The zero-order chi connectivity index (χ0) is 18.0. The fraction of sp³-hybridized carbons (Fsp3) is 0.462. The molecule has 0 saturated heterocycles. The zero-order valence-corrected chi connectivity index (χ0v) is 11.6. The first-order valence-corrected chi connectivity index (χ1v) is 6.23. The molecule has 0 aliphatic rings. The van der Waals surface area contributed by atoms with Crippen LogP contribution < -0.4 is 5.73 Å². The van der Waals surface area contributed by atoms with Gasteiger partial charge in [0, 0.05) is 0 Å². The van der Waals surface area contributed by atoms with Crippen LogP contribution in [0, 0.1) is 0 Å². The Morgan fingerprint density at radius 2 is 1.52 bits per heavy atom. The maximum absolute atomic E-state index is 13.8. The van der Waals surface area contributed by atoms with E-state index >= 15 is 0 Å². The van der Waals surface area contributed by atoms with E-state index in [1.54, 1.807) is 0 Å². The lowest BCUT2D eigenvalue weighted by molar-refractivity contribution is -0.149. The monoisotopic (exact) mass is 347 g/mol. The van der Waals surface area contributed by atoms with Crippen LogP contribution in [0.4, 0.5) is 30.7 Å². The van der Waals surface area contributed by atoms with Gasteiger partial charge < -0.3 is 10.5 Å². The number of carbonyl (C=O) groups is 1. The lowest BCUT2D eigenvalue weighted by atomic mass is 9.97. The SMILES string of the molecule is CCOC(=O)C(F)[C@H](N)c1cc(C(F)(F)F)cc(C(F)(F)F)c1. The van der Waals surface area contributed by atoms with Crippen molar-refractivity contribution in [1.29, 1.82) is 0 Å². The molecule has 0 aliphatic heterocycles. The molecule has 2 N–H and O–H groups in total. The van der Waals surface area contributed by atoms with Crippen molar-refractivity contribution in [3.05, 3.63) is 34.9 Å². The van der Waals surface area contributed by atoms with E-state index in [-0.39, 0.29) is 24.8 Å². The fourth-order valence-corrected chi connectivity index (χ4v) is 1.71. The van der Waals surface area contributed by atoms with Crippen molar-refractivity contribution in [2.75, 3.05) is 6.61 Å². The van der Waals surface area contributed by atoms with Gasteiger partial charge in [-0.25, -0.2) is 9.18 Å². The zero-order valence-electron chi connectivity index (χ0n) is 11.6. The van der Waals surface area contributed by atoms with E-state index in [0.29, 0.717) is 0 Å². The van der Waals surface area contributed by atoms with Crippen molar-refractivity contribution in [2.45, 2.75) is 31.5 Å². The van der Waals surface area contributed by atoms with Gasteiger partial charge in [0.05, 0.1) is 23.8 Å². The Bertz CT molecular complexity index is 536. The van der Waals surface area contributed by atoms with Crippen LogP contribution in [0.2, 0.25) is 0 Å². The minimum absolute atomic E-state index is 0.117. The Kier molecular flexibility index (Phi) is 5.62. The number of esters is 1. The average molecular weight is 347 g/mol. The van der Waals surface area contributed by atoms with Gasteiger partial charge in [-0.15, -0.1) is 0 Å². The third-order valence-electron chi connectivity index (χ3n) is 2.82. The van der Waals surface area contributed by atoms with Crippen LogP contribution in [-0.2, 0) is 21.9 Å². The largest absolute Gasteiger partial charge is 0.464 e. The van der Waals surface area contributed by atoms with E-state index < -0.39 is 47.2 Å². The third kappa shape index (κ3) is 4.81. The van der Waals surface area contributed by atoms with E-state index in [2.05, 4.69) is 4.74 Å². The van der Waals surface area contributed by atoms with Gasteiger partial charge >= 0.3 is 18.3 Å². The van der Waals surface area contributed by atoms with E-state index in [0.717, 1.165) is 0 Å². The predicted molar refractivity (Wildman–Crippen MR) is 64.9 cm³/mol. The minimum Gasteiger partial charge on any atom is -0.464 e. The summed E-state index contributed by atoms with van der Waals surface area (Å²) in [6.45, 7) is 1.13. The molecular weight excluding hydrogens is 335 g/mol. The summed E-state index contributed by atoms with van der Waals surface area (Å²) in [5.41, 5.74) is 1.18. The first-order chi connectivity index (χ1) is 10.4. The summed E-state index contributed by atoms with van der Waals surface area (Å²) < 4.78 is 94.2. The molecule has 1 unspecified atom stereocenters. The highest BCUT2D eigenvalue weighted by molar-refractivity contribution is 5.75. The number of ether oxygens (including phenoxy) is 1. The summed E-state index contributed by atoms with van der Waals surface area (Å²) >= 11 is 0. The number of benzene rings is 1. The summed E-state index contributed by atoms with van der Waals surface area (Å²) in [5.74, 6) is -1.47. The molecule has 0 aromatic heterocycles. The van der Waals surface area contributed by atoms with E-state index in [4.69, 9.17) is 5.73 Å². The molecule has 0 spiro atoms. The number of nitrogens with two attached hydrogens (primary N) is 1. The smallest absolute Gasteiger partial charge is 0.416 e. The molecule has 1 rings (SSSR count). The second kappa shape index (κ2) is 6.73. The molecule has 0 fully saturated rings. The van der Waals surface area contributed by atoms with Gasteiger partial charge in [0.1, 0.15) is 0 Å². The molecule has 0 bridgehead atoms. The molecule has 0 amide bonds. The quantitative estimate of drug-likeness (QED) is 0.669. The van der Waals surface area contributed by atoms with Gasteiger partial charge in [0.15, 0.2) is 0 Å². The normalized spacial score (nSPS) is 15.2. The van der Waals surface area contributed by atoms with Crippen molar-refractivity contribution in [3.63, 3.8) is 0 Å². The van der Waals surface area contributed by atoms with Crippen molar-refractivity contribution in [2.24, 2.45) is 5.73 Å². The summed E-state index contributed by atoms with van der Waals surface area (Å²) in [6.07, 6.45) is -12.8. The molecule has 1 aromatic carbocycles. The second-order valence-corrected chi connectivity index (χ2v) is 4.52. The molecule has 3 nitrogen and oxygen atoms in total. The van der Waals surface area contributed by atoms with Gasteiger partial charge in [-0.3, -0.25) is 0 Å². The molecule has 0 aliphatic carbocycles. The van der Waals surface area contributed by atoms with Crippen molar-refractivity contribution >= 4 is 5.97 Å². The highest BCUT2D eigenvalue weighted by atomic mass is 19.4. The molecule has 2 atom stereocenters. The molecule has 130 valence electrons. The molecule has 0 radical (unpaired) electrons. The van der Waals surface area contributed by atoms with Crippen LogP contribution in [0.15, 0.2) is 18.2 Å². The summed E-state index contributed by atoms with van der Waals surface area (Å²) in [5, 5.41) is 0. The van der Waals surface area contributed by atoms with Gasteiger partial charge in [-0.1, -0.05) is 0 Å². The first kappa shape index (κ1) is 19.2. The summed E-state index contributed by atoms with van der Waals surface area (Å²) in [6, 6.07) is -1.61. The van der Waals surface area contributed by atoms with Crippen molar-refractivity contribution in [1.82, 2.24) is 0 Å². The molecule has 0 heterocycles. The topological polar surface area (TPSA) is 52.3 Å². The molecule has 23 heavy (non-hydrogen) atoms. The number of alkyl halides is 7. The molecule has 1 aromatic rings. The van der Waals surface area contributed by atoms with Gasteiger partial charge in [0.2, 0.25) is 6.17 Å². The Morgan fingerprint density at radius 3 is 1.87 bits per heavy atom. The Hall–Kier alpha value is -1.84. The van der Waals surface area contributed by atoms with Crippen molar-refractivity contribution < 1.29 is 40.3 Å². The lowest BCUT2D eigenvalue weighted by Gasteiger charge is -2.19. The summed E-state index contributed by atoms with van der Waals surface area (Å²) in [4.78, 5) is 11.2. The van der Waals surface area contributed by atoms with E-state index in [1.807, 2.05) is 0 Å². The number of hydrogen-bond donors (Lipinski definition) is 1. The van der Waals surface area contributed by atoms with Crippen LogP contribution >= 0.6 is 0 Å². The van der Waals surface area contributed by atoms with Crippen LogP contribution in [0.5, 0.6) is 0 Å². The first-order valence-electron chi connectivity index (χ1n) is 6.23. The maximum atomic E-state index is 13.8.